The molecule has 64 heavy (non-hydrogen) atoms. The first kappa shape index (κ1) is 36.5. The number of rotatable bonds is 6. The number of para-hydroxylation sites is 3. The maximum atomic E-state index is 6.90. The molecule has 0 bridgehead atoms. The molecule has 13 rings (SSSR count). The Morgan fingerprint density at radius 3 is 1.73 bits per heavy atom. The second kappa shape index (κ2) is 13.9. The Hall–Kier alpha value is -8.14. The minimum absolute atomic E-state index is 0.126. The highest BCUT2D eigenvalue weighted by Gasteiger charge is 2.36. The summed E-state index contributed by atoms with van der Waals surface area (Å²) in [5.74, 6) is 0. The van der Waals surface area contributed by atoms with Crippen LogP contribution in [0.15, 0.2) is 223 Å². The third-order valence-corrected chi connectivity index (χ3v) is 13.8. The summed E-state index contributed by atoms with van der Waals surface area (Å²) in [5.41, 5.74) is 18.6. The van der Waals surface area contributed by atoms with Gasteiger partial charge in [-0.05, 0) is 117 Å². The first-order valence-corrected chi connectivity index (χ1v) is 22.2. The molecule has 0 aliphatic heterocycles. The van der Waals surface area contributed by atoms with E-state index in [1.807, 2.05) is 0 Å². The molecule has 12 aromatic rings. The second-order valence-corrected chi connectivity index (χ2v) is 17.7. The minimum atomic E-state index is -0.126. The van der Waals surface area contributed by atoms with Crippen molar-refractivity contribution in [2.45, 2.75) is 19.3 Å². The Kier molecular flexibility index (Phi) is 7.95. The Morgan fingerprint density at radius 1 is 0.406 bits per heavy atom. The number of hydrogen-bond acceptors (Lipinski definition) is 2. The van der Waals surface area contributed by atoms with Crippen LogP contribution in [0, 0.1) is 0 Å². The lowest BCUT2D eigenvalue weighted by Crippen LogP contribution is -2.16. The number of fused-ring (bicyclic) bond motifs is 11. The summed E-state index contributed by atoms with van der Waals surface area (Å²) in [4.78, 5) is 2.41. The van der Waals surface area contributed by atoms with E-state index >= 15 is 0 Å². The highest BCUT2D eigenvalue weighted by molar-refractivity contribution is 6.22. The molecule has 0 fully saturated rings. The van der Waals surface area contributed by atoms with E-state index in [1.54, 1.807) is 0 Å². The average molecular weight is 819 g/mol. The van der Waals surface area contributed by atoms with E-state index < -0.39 is 0 Å². The predicted molar refractivity (Wildman–Crippen MR) is 269 cm³/mol. The summed E-state index contributed by atoms with van der Waals surface area (Å²) in [6.45, 7) is 4.70. The second-order valence-electron chi connectivity index (χ2n) is 17.7. The van der Waals surface area contributed by atoms with Crippen molar-refractivity contribution in [3.63, 3.8) is 0 Å². The van der Waals surface area contributed by atoms with Crippen LogP contribution in [0.4, 0.5) is 17.1 Å². The summed E-state index contributed by atoms with van der Waals surface area (Å²) in [6, 6.07) is 79.5. The summed E-state index contributed by atoms with van der Waals surface area (Å²) in [7, 11) is 0. The lowest BCUT2D eigenvalue weighted by Gasteiger charge is -2.28. The summed E-state index contributed by atoms with van der Waals surface area (Å²) in [6.07, 6.45) is 0. The van der Waals surface area contributed by atoms with Gasteiger partial charge in [-0.1, -0.05) is 166 Å². The SMILES string of the molecule is CC1(C)c2ccccc2-c2ccc(N(c3ccccc3)c3cccc4oc5c6ccccc6c(-c6ccc(-c7ccc(-n8c9ccccc9c9ccccc98)cc7)cc6)cc5c34)cc21. The molecular formula is C61H42N2O. The van der Waals surface area contributed by atoms with Crippen LogP contribution in [0.5, 0.6) is 0 Å². The first-order valence-electron chi connectivity index (χ1n) is 22.2. The zero-order valence-electron chi connectivity index (χ0n) is 35.6. The number of furan rings is 1. The molecule has 0 N–H and O–H groups in total. The van der Waals surface area contributed by atoms with Gasteiger partial charge in [0, 0.05) is 44.0 Å². The standard InChI is InChI=1S/C61H42N2O/c1-61(2)53-22-11-8-18-46(53)47-36-35-44(37-54(47)61)62(42-15-4-3-5-16-42)57-25-14-26-58-59(57)52-38-51(45-17-6-7-21-50(45)60(52)64-58)41-29-27-39(28-30-41)40-31-33-43(34-32-40)63-55-23-12-9-19-48(55)49-20-10-13-24-56(49)63/h3-38H,1-2H3. The molecule has 1 aliphatic carbocycles. The molecule has 3 nitrogen and oxygen atoms in total. The molecule has 2 heterocycles. The molecule has 0 saturated carbocycles. The van der Waals surface area contributed by atoms with Gasteiger partial charge in [-0.2, -0.15) is 0 Å². The normalized spacial score (nSPS) is 13.0. The molecule has 3 heteroatoms. The van der Waals surface area contributed by atoms with Crippen molar-refractivity contribution in [3.8, 4) is 39.1 Å². The van der Waals surface area contributed by atoms with Gasteiger partial charge < -0.3 is 13.9 Å². The molecule has 0 spiro atoms. The fraction of sp³-hybridized carbons (Fsp3) is 0.0492. The fourth-order valence-electron chi connectivity index (χ4n) is 10.7. The van der Waals surface area contributed by atoms with Gasteiger partial charge in [-0.15, -0.1) is 0 Å². The van der Waals surface area contributed by atoms with Crippen LogP contribution in [0.25, 0.3) is 93.6 Å². The molecule has 0 amide bonds. The number of anilines is 3. The van der Waals surface area contributed by atoms with Gasteiger partial charge in [0.25, 0.3) is 0 Å². The van der Waals surface area contributed by atoms with Crippen LogP contribution >= 0.6 is 0 Å². The zero-order chi connectivity index (χ0) is 42.5. The van der Waals surface area contributed by atoms with Crippen LogP contribution in [-0.4, -0.2) is 4.57 Å². The summed E-state index contributed by atoms with van der Waals surface area (Å²) < 4.78 is 9.27. The Balaban J connectivity index is 0.930. The molecule has 0 unspecified atom stereocenters. The molecule has 10 aromatic carbocycles. The van der Waals surface area contributed by atoms with Gasteiger partial charge >= 0.3 is 0 Å². The number of benzene rings is 10. The van der Waals surface area contributed by atoms with E-state index in [4.69, 9.17) is 4.42 Å². The molecule has 302 valence electrons. The van der Waals surface area contributed by atoms with Crippen LogP contribution in [0.1, 0.15) is 25.0 Å². The van der Waals surface area contributed by atoms with Crippen molar-refractivity contribution in [1.29, 1.82) is 0 Å². The van der Waals surface area contributed by atoms with Gasteiger partial charge in [-0.25, -0.2) is 0 Å². The molecule has 0 radical (unpaired) electrons. The summed E-state index contributed by atoms with van der Waals surface area (Å²) >= 11 is 0. The quantitative estimate of drug-likeness (QED) is 0.167. The monoisotopic (exact) mass is 818 g/mol. The van der Waals surface area contributed by atoms with E-state index in [1.165, 1.54) is 66.1 Å². The highest BCUT2D eigenvalue weighted by Crippen LogP contribution is 2.52. The van der Waals surface area contributed by atoms with Crippen LogP contribution in [0.2, 0.25) is 0 Å². The Labute approximate surface area is 371 Å². The largest absolute Gasteiger partial charge is 0.455 e. The molecule has 2 aromatic heterocycles. The number of nitrogens with zero attached hydrogens (tertiary/aromatic N) is 2. The third-order valence-electron chi connectivity index (χ3n) is 13.8. The lowest BCUT2D eigenvalue weighted by atomic mass is 9.82. The maximum Gasteiger partial charge on any atom is 0.143 e. The predicted octanol–water partition coefficient (Wildman–Crippen LogP) is 16.9. The van der Waals surface area contributed by atoms with Crippen molar-refractivity contribution in [3.05, 3.63) is 230 Å². The smallest absolute Gasteiger partial charge is 0.143 e. The molecule has 0 saturated heterocycles. The van der Waals surface area contributed by atoms with Gasteiger partial charge in [0.2, 0.25) is 0 Å². The van der Waals surface area contributed by atoms with Crippen molar-refractivity contribution in [1.82, 2.24) is 4.57 Å². The fourth-order valence-corrected chi connectivity index (χ4v) is 10.7. The molecular weight excluding hydrogens is 777 g/mol. The average Bonchev–Trinajstić information content (AvgIpc) is 3.98. The van der Waals surface area contributed by atoms with Gasteiger partial charge in [-0.3, -0.25) is 0 Å². The van der Waals surface area contributed by atoms with E-state index in [0.717, 1.165) is 55.6 Å². The van der Waals surface area contributed by atoms with E-state index in [2.05, 4.69) is 242 Å². The van der Waals surface area contributed by atoms with Gasteiger partial charge in [0.05, 0.1) is 22.1 Å². The Bertz CT molecular complexity index is 3740. The van der Waals surface area contributed by atoms with Crippen LogP contribution < -0.4 is 4.90 Å². The highest BCUT2D eigenvalue weighted by atomic mass is 16.3. The van der Waals surface area contributed by atoms with Crippen LogP contribution in [0.3, 0.4) is 0 Å². The maximum absolute atomic E-state index is 6.90. The first-order chi connectivity index (χ1) is 31.5. The van der Waals surface area contributed by atoms with Gasteiger partial charge in [0.15, 0.2) is 0 Å². The molecule has 0 atom stereocenters. The van der Waals surface area contributed by atoms with Crippen molar-refractivity contribution < 1.29 is 4.42 Å². The van der Waals surface area contributed by atoms with Crippen molar-refractivity contribution >= 4 is 71.6 Å². The van der Waals surface area contributed by atoms with E-state index in [9.17, 15) is 0 Å². The third kappa shape index (κ3) is 5.41. The topological polar surface area (TPSA) is 21.3 Å². The number of aromatic nitrogens is 1. The number of hydrogen-bond donors (Lipinski definition) is 0. The Morgan fingerprint density at radius 2 is 1.00 bits per heavy atom. The lowest BCUT2D eigenvalue weighted by molar-refractivity contribution is 0.660. The van der Waals surface area contributed by atoms with Crippen molar-refractivity contribution in [2.75, 3.05) is 4.90 Å². The van der Waals surface area contributed by atoms with Crippen LogP contribution in [-0.2, 0) is 5.41 Å². The molecule has 1 aliphatic rings. The van der Waals surface area contributed by atoms with E-state index in [0.29, 0.717) is 0 Å². The zero-order valence-corrected chi connectivity index (χ0v) is 35.6. The van der Waals surface area contributed by atoms with Crippen molar-refractivity contribution in [2.24, 2.45) is 0 Å². The minimum Gasteiger partial charge on any atom is -0.455 e. The van der Waals surface area contributed by atoms with Gasteiger partial charge in [0.1, 0.15) is 11.2 Å². The summed E-state index contributed by atoms with van der Waals surface area (Å²) in [5, 5.41) is 7.00. The van der Waals surface area contributed by atoms with E-state index in [-0.39, 0.29) is 5.41 Å².